The van der Waals surface area contributed by atoms with E-state index in [1.54, 1.807) is 0 Å². The predicted octanol–water partition coefficient (Wildman–Crippen LogP) is 2.77. The van der Waals surface area contributed by atoms with Crippen molar-refractivity contribution in [3.05, 3.63) is 24.4 Å². The summed E-state index contributed by atoms with van der Waals surface area (Å²) in [5, 5.41) is 11.7. The molecule has 0 amide bonds. The first kappa shape index (κ1) is 8.77. The maximum Gasteiger partial charge on any atom is 0.0651 e. The van der Waals surface area contributed by atoms with Gasteiger partial charge in [0.25, 0.3) is 0 Å². The number of anilines is 1. The van der Waals surface area contributed by atoms with Crippen molar-refractivity contribution < 1.29 is 0 Å². The minimum absolute atomic E-state index is 0.671. The second-order valence-corrected chi connectivity index (χ2v) is 4.59. The van der Waals surface area contributed by atoms with Crippen LogP contribution in [0.15, 0.2) is 24.4 Å². The molecule has 78 valence electrons. The number of H-pyrrole nitrogens is 1. The molecule has 1 aliphatic carbocycles. The van der Waals surface area contributed by atoms with E-state index in [0.29, 0.717) is 6.04 Å². The number of aromatic nitrogens is 2. The van der Waals surface area contributed by atoms with E-state index in [4.69, 9.17) is 0 Å². The van der Waals surface area contributed by atoms with E-state index >= 15 is 0 Å². The maximum atomic E-state index is 4.01. The maximum absolute atomic E-state index is 4.01. The van der Waals surface area contributed by atoms with Crippen LogP contribution in [0.4, 0.5) is 5.69 Å². The Bertz CT molecular complexity index is 468. The van der Waals surface area contributed by atoms with Crippen molar-refractivity contribution in [3.8, 4) is 0 Å². The summed E-state index contributed by atoms with van der Waals surface area (Å²) in [6.07, 6.45) is 4.46. The Morgan fingerprint density at radius 3 is 3.07 bits per heavy atom. The molecule has 1 heterocycles. The molecule has 1 aromatic carbocycles. The number of hydrogen-bond donors (Lipinski definition) is 2. The predicted molar refractivity (Wildman–Crippen MR) is 61.9 cm³/mol. The first-order valence-corrected chi connectivity index (χ1v) is 5.51. The van der Waals surface area contributed by atoms with Gasteiger partial charge in [0, 0.05) is 17.1 Å². The normalized spacial score (nSPS) is 25.1. The number of aromatic amines is 1. The molecule has 1 aliphatic rings. The van der Waals surface area contributed by atoms with Gasteiger partial charge in [-0.1, -0.05) is 6.92 Å². The second kappa shape index (κ2) is 3.26. The lowest BCUT2D eigenvalue weighted by molar-refractivity contribution is 0.309. The number of hydrogen-bond acceptors (Lipinski definition) is 2. The van der Waals surface area contributed by atoms with Crippen LogP contribution >= 0.6 is 0 Å². The Balaban J connectivity index is 1.79. The van der Waals surface area contributed by atoms with Crippen molar-refractivity contribution >= 4 is 16.6 Å². The van der Waals surface area contributed by atoms with Crippen molar-refractivity contribution in [3.63, 3.8) is 0 Å². The number of nitrogens with one attached hydrogen (secondary N) is 2. The van der Waals surface area contributed by atoms with E-state index < -0.39 is 0 Å². The van der Waals surface area contributed by atoms with Gasteiger partial charge in [0.1, 0.15) is 0 Å². The highest BCUT2D eigenvalue weighted by Gasteiger charge is 2.24. The zero-order valence-corrected chi connectivity index (χ0v) is 8.83. The third kappa shape index (κ3) is 1.58. The van der Waals surface area contributed by atoms with Crippen molar-refractivity contribution in [2.24, 2.45) is 5.92 Å². The smallest absolute Gasteiger partial charge is 0.0651 e. The SMILES string of the molecule is CC1CC(Nc2ccc3[nH]ncc3c2)C1. The van der Waals surface area contributed by atoms with Crippen LogP contribution in [0.2, 0.25) is 0 Å². The second-order valence-electron chi connectivity index (χ2n) is 4.59. The summed E-state index contributed by atoms with van der Waals surface area (Å²) in [4.78, 5) is 0. The molecule has 0 aliphatic heterocycles. The van der Waals surface area contributed by atoms with E-state index in [9.17, 15) is 0 Å². The number of fused-ring (bicyclic) bond motifs is 1. The fourth-order valence-electron chi connectivity index (χ4n) is 2.29. The van der Waals surface area contributed by atoms with Crippen LogP contribution in [0.25, 0.3) is 10.9 Å². The van der Waals surface area contributed by atoms with Gasteiger partial charge in [0.2, 0.25) is 0 Å². The van der Waals surface area contributed by atoms with E-state index in [2.05, 4.69) is 40.6 Å². The van der Waals surface area contributed by atoms with Gasteiger partial charge in [-0.3, -0.25) is 5.10 Å². The molecule has 3 rings (SSSR count). The van der Waals surface area contributed by atoms with Gasteiger partial charge < -0.3 is 5.32 Å². The minimum atomic E-state index is 0.671. The van der Waals surface area contributed by atoms with Gasteiger partial charge in [-0.05, 0) is 37.0 Å². The molecule has 0 spiro atoms. The highest BCUT2D eigenvalue weighted by molar-refractivity contribution is 5.81. The summed E-state index contributed by atoms with van der Waals surface area (Å²) >= 11 is 0. The molecule has 3 nitrogen and oxygen atoms in total. The van der Waals surface area contributed by atoms with Gasteiger partial charge in [-0.15, -0.1) is 0 Å². The van der Waals surface area contributed by atoms with Crippen molar-refractivity contribution in [1.29, 1.82) is 0 Å². The van der Waals surface area contributed by atoms with E-state index in [-0.39, 0.29) is 0 Å². The molecule has 0 saturated heterocycles. The molecule has 1 saturated carbocycles. The summed E-state index contributed by atoms with van der Waals surface area (Å²) in [5.74, 6) is 0.889. The average Bonchev–Trinajstić information content (AvgIpc) is 2.62. The van der Waals surface area contributed by atoms with Crippen LogP contribution in [0.3, 0.4) is 0 Å². The van der Waals surface area contributed by atoms with Crippen LogP contribution in [0, 0.1) is 5.92 Å². The number of benzene rings is 1. The lowest BCUT2D eigenvalue weighted by atomic mass is 9.82. The lowest BCUT2D eigenvalue weighted by Gasteiger charge is -2.34. The van der Waals surface area contributed by atoms with Crippen LogP contribution in [0.1, 0.15) is 19.8 Å². The van der Waals surface area contributed by atoms with Crippen LogP contribution in [-0.2, 0) is 0 Å². The molecule has 0 bridgehead atoms. The van der Waals surface area contributed by atoms with Crippen molar-refractivity contribution in [1.82, 2.24) is 10.2 Å². The first-order chi connectivity index (χ1) is 7.31. The van der Waals surface area contributed by atoms with E-state index in [0.717, 1.165) is 11.4 Å². The fourth-order valence-corrected chi connectivity index (χ4v) is 2.29. The summed E-state index contributed by atoms with van der Waals surface area (Å²) in [6.45, 7) is 2.30. The van der Waals surface area contributed by atoms with Crippen molar-refractivity contribution in [2.75, 3.05) is 5.32 Å². The van der Waals surface area contributed by atoms with E-state index in [1.807, 2.05) is 6.20 Å². The van der Waals surface area contributed by atoms with Gasteiger partial charge in [-0.25, -0.2) is 0 Å². The molecule has 15 heavy (non-hydrogen) atoms. The zero-order chi connectivity index (χ0) is 10.3. The quantitative estimate of drug-likeness (QED) is 0.784. The highest BCUT2D eigenvalue weighted by Crippen LogP contribution is 2.30. The number of rotatable bonds is 2. The molecule has 3 heteroatoms. The summed E-state index contributed by atoms with van der Waals surface area (Å²) in [6, 6.07) is 7.02. The molecule has 1 aromatic heterocycles. The standard InChI is InChI=1S/C12H15N3/c1-8-4-11(5-8)14-10-2-3-12-9(6-10)7-13-15-12/h2-3,6-8,11,14H,4-5H2,1H3,(H,13,15). The Hall–Kier alpha value is -1.51. The Kier molecular flexibility index (Phi) is 1.91. The summed E-state index contributed by atoms with van der Waals surface area (Å²) in [5.41, 5.74) is 2.31. The molecule has 0 atom stereocenters. The molecule has 2 aromatic rings. The fraction of sp³-hybridized carbons (Fsp3) is 0.417. The van der Waals surface area contributed by atoms with Crippen LogP contribution < -0.4 is 5.32 Å². The van der Waals surface area contributed by atoms with Crippen LogP contribution in [-0.4, -0.2) is 16.2 Å². The van der Waals surface area contributed by atoms with Gasteiger partial charge in [0.15, 0.2) is 0 Å². The van der Waals surface area contributed by atoms with Gasteiger partial charge >= 0.3 is 0 Å². The van der Waals surface area contributed by atoms with Crippen LogP contribution in [0.5, 0.6) is 0 Å². The first-order valence-electron chi connectivity index (χ1n) is 5.51. The largest absolute Gasteiger partial charge is 0.382 e. The molecular formula is C12H15N3. The molecule has 1 fully saturated rings. The molecule has 2 N–H and O–H groups in total. The lowest BCUT2D eigenvalue weighted by Crippen LogP contribution is -2.33. The third-order valence-corrected chi connectivity index (χ3v) is 3.18. The molecular weight excluding hydrogens is 186 g/mol. The Morgan fingerprint density at radius 2 is 2.27 bits per heavy atom. The topological polar surface area (TPSA) is 40.7 Å². The minimum Gasteiger partial charge on any atom is -0.382 e. The third-order valence-electron chi connectivity index (χ3n) is 3.18. The summed E-state index contributed by atoms with van der Waals surface area (Å²) < 4.78 is 0. The Labute approximate surface area is 88.9 Å². The monoisotopic (exact) mass is 201 g/mol. The van der Waals surface area contributed by atoms with Gasteiger partial charge in [0.05, 0.1) is 11.7 Å². The molecule has 0 unspecified atom stereocenters. The Morgan fingerprint density at radius 1 is 1.40 bits per heavy atom. The average molecular weight is 201 g/mol. The van der Waals surface area contributed by atoms with Gasteiger partial charge in [-0.2, -0.15) is 5.10 Å². The van der Waals surface area contributed by atoms with E-state index in [1.165, 1.54) is 23.9 Å². The molecule has 0 radical (unpaired) electrons. The highest BCUT2D eigenvalue weighted by atomic mass is 15.1. The number of nitrogens with zero attached hydrogens (tertiary/aromatic N) is 1. The zero-order valence-electron chi connectivity index (χ0n) is 8.83. The van der Waals surface area contributed by atoms with Crippen molar-refractivity contribution in [2.45, 2.75) is 25.8 Å². The summed E-state index contributed by atoms with van der Waals surface area (Å²) in [7, 11) is 0.